The van der Waals surface area contributed by atoms with Crippen LogP contribution in [0.25, 0.3) is 0 Å². The molecule has 8 nitrogen and oxygen atoms in total. The summed E-state index contributed by atoms with van der Waals surface area (Å²) in [4.78, 5) is 49.1. The van der Waals surface area contributed by atoms with Crippen LogP contribution >= 0.6 is 11.6 Å². The SMILES string of the molecule is CC(=O)CC(=O)OCCN1C(=CC=C2CCCC(C=CC3=[N+](CCOC(=O)CC(C)=O)c4ccccc4C3(C)C)=C2Cl)C(C)(C)c2ccccc21. The Morgan fingerprint density at radius 2 is 1.43 bits per heavy atom. The van der Waals surface area contributed by atoms with Gasteiger partial charge in [-0.1, -0.05) is 74.0 Å². The molecule has 0 saturated heterocycles. The van der Waals surface area contributed by atoms with Crippen molar-refractivity contribution in [2.45, 2.75) is 84.5 Å². The van der Waals surface area contributed by atoms with Gasteiger partial charge in [-0.15, -0.1) is 0 Å². The minimum absolute atomic E-state index is 0.164. The molecule has 2 aliphatic heterocycles. The maximum Gasteiger partial charge on any atom is 0.313 e. The third kappa shape index (κ3) is 8.33. The zero-order valence-electron chi connectivity index (χ0n) is 30.5. The van der Waals surface area contributed by atoms with Crippen LogP contribution < -0.4 is 4.90 Å². The van der Waals surface area contributed by atoms with Crippen LogP contribution in [0.5, 0.6) is 0 Å². The lowest BCUT2D eigenvalue weighted by atomic mass is 9.81. The number of esters is 2. The highest BCUT2D eigenvalue weighted by atomic mass is 35.5. The van der Waals surface area contributed by atoms with Gasteiger partial charge in [-0.05, 0) is 75.8 Å². The average molecular weight is 712 g/mol. The molecule has 9 heteroatoms. The second kappa shape index (κ2) is 15.8. The molecule has 0 fully saturated rings. The Hall–Kier alpha value is -4.56. The molecule has 2 heterocycles. The van der Waals surface area contributed by atoms with Crippen molar-refractivity contribution in [3.63, 3.8) is 0 Å². The highest BCUT2D eigenvalue weighted by molar-refractivity contribution is 6.32. The number of halogens is 1. The van der Waals surface area contributed by atoms with E-state index in [4.69, 9.17) is 21.1 Å². The highest BCUT2D eigenvalue weighted by Crippen LogP contribution is 2.48. The van der Waals surface area contributed by atoms with E-state index < -0.39 is 11.9 Å². The standard InChI is InChI=1S/C42H48ClN2O6/c1-28(46)26-38(48)50-24-22-44-34-16-9-7-14-32(34)41(3,4)36(44)20-18-30-12-11-13-31(40(30)43)19-21-37-42(5,6)33-15-8-10-17-35(33)45(37)23-25-51-39(49)27-29(2)47/h7-10,14-21H,11-13,22-27H2,1-6H3/q+1. The topological polar surface area (TPSA) is 93.0 Å². The molecule has 3 aliphatic rings. The second-order valence-electron chi connectivity index (χ2n) is 14.4. The summed E-state index contributed by atoms with van der Waals surface area (Å²) < 4.78 is 13.0. The zero-order valence-corrected chi connectivity index (χ0v) is 31.3. The van der Waals surface area contributed by atoms with Crippen LogP contribution in [0.3, 0.4) is 0 Å². The minimum atomic E-state index is -0.513. The Kier molecular flexibility index (Phi) is 11.7. The molecule has 0 radical (unpaired) electrons. The van der Waals surface area contributed by atoms with Crippen molar-refractivity contribution in [3.8, 4) is 0 Å². The summed E-state index contributed by atoms with van der Waals surface area (Å²) >= 11 is 7.16. The van der Waals surface area contributed by atoms with Gasteiger partial charge in [0.2, 0.25) is 5.69 Å². The van der Waals surface area contributed by atoms with Crippen molar-refractivity contribution in [1.82, 2.24) is 0 Å². The molecule has 0 spiro atoms. The number of fused-ring (bicyclic) bond motifs is 2. The first kappa shape index (κ1) is 37.7. The molecule has 0 bridgehead atoms. The molecular formula is C42H48ClN2O6+. The molecule has 2 aromatic carbocycles. The van der Waals surface area contributed by atoms with Gasteiger partial charge in [0.15, 0.2) is 18.9 Å². The Bertz CT molecular complexity index is 1890. The summed E-state index contributed by atoms with van der Waals surface area (Å²) in [5.74, 6) is -1.46. The van der Waals surface area contributed by atoms with E-state index in [1.807, 2.05) is 24.3 Å². The summed E-state index contributed by atoms with van der Waals surface area (Å²) in [6.45, 7) is 12.8. The van der Waals surface area contributed by atoms with Gasteiger partial charge < -0.3 is 14.4 Å². The van der Waals surface area contributed by atoms with E-state index in [0.717, 1.165) is 58.2 Å². The molecule has 0 N–H and O–H groups in total. The van der Waals surface area contributed by atoms with Gasteiger partial charge in [0.25, 0.3) is 0 Å². The lowest BCUT2D eigenvalue weighted by Gasteiger charge is -2.27. The second-order valence-corrected chi connectivity index (χ2v) is 14.8. The van der Waals surface area contributed by atoms with Crippen LogP contribution in [0.15, 0.2) is 94.7 Å². The number of allylic oxidation sites excluding steroid dienone is 8. The van der Waals surface area contributed by atoms with E-state index >= 15 is 0 Å². The number of ketones is 2. The lowest BCUT2D eigenvalue weighted by molar-refractivity contribution is -0.440. The Morgan fingerprint density at radius 1 is 0.804 bits per heavy atom. The van der Waals surface area contributed by atoms with Gasteiger partial charge >= 0.3 is 11.9 Å². The van der Waals surface area contributed by atoms with Crippen LogP contribution in [0.1, 0.15) is 84.8 Å². The fourth-order valence-corrected chi connectivity index (χ4v) is 7.66. The van der Waals surface area contributed by atoms with E-state index in [1.165, 1.54) is 25.0 Å². The summed E-state index contributed by atoms with van der Waals surface area (Å²) in [6, 6.07) is 16.5. The Balaban J connectivity index is 1.42. The van der Waals surface area contributed by atoms with Crippen LogP contribution in [0.4, 0.5) is 11.4 Å². The van der Waals surface area contributed by atoms with Gasteiger partial charge in [0.05, 0.1) is 12.0 Å². The van der Waals surface area contributed by atoms with Crippen molar-refractivity contribution >= 4 is 52.2 Å². The molecule has 268 valence electrons. The largest absolute Gasteiger partial charge is 0.463 e. The fraction of sp³-hybridized carbons (Fsp3) is 0.405. The van der Waals surface area contributed by atoms with Crippen molar-refractivity contribution in [2.24, 2.45) is 0 Å². The summed E-state index contributed by atoms with van der Waals surface area (Å²) in [6.07, 6.45) is 10.7. The summed E-state index contributed by atoms with van der Waals surface area (Å²) in [5, 5.41) is 0.742. The number of ether oxygens (including phenoxy) is 2. The molecule has 0 unspecified atom stereocenters. The number of Topliss-reactive ketones (excluding diaryl/α,β-unsaturated/α-hetero) is 2. The van der Waals surface area contributed by atoms with Crippen LogP contribution in [-0.2, 0) is 39.5 Å². The summed E-state index contributed by atoms with van der Waals surface area (Å²) in [5.41, 5.74) is 8.19. The quantitative estimate of drug-likeness (QED) is 0.118. The van der Waals surface area contributed by atoms with E-state index in [-0.39, 0.29) is 48.5 Å². The molecule has 2 aromatic rings. The first-order chi connectivity index (χ1) is 24.2. The van der Waals surface area contributed by atoms with Gasteiger partial charge in [-0.25, -0.2) is 0 Å². The predicted molar refractivity (Wildman–Crippen MR) is 201 cm³/mol. The number of carbonyl (C=O) groups is 4. The molecule has 0 amide bonds. The molecule has 0 saturated carbocycles. The molecule has 0 aromatic heterocycles. The molecule has 0 atom stereocenters. The zero-order chi connectivity index (χ0) is 36.9. The maximum absolute atomic E-state index is 12.1. The highest BCUT2D eigenvalue weighted by Gasteiger charge is 2.44. The molecule has 5 rings (SSSR count). The molecule has 1 aliphatic carbocycles. The van der Waals surface area contributed by atoms with E-state index in [1.54, 1.807) is 0 Å². The van der Waals surface area contributed by atoms with E-state index in [2.05, 4.69) is 85.7 Å². The number of benzene rings is 2. The first-order valence-electron chi connectivity index (χ1n) is 17.6. The maximum atomic E-state index is 12.1. The number of rotatable bonds is 13. The monoisotopic (exact) mass is 711 g/mol. The van der Waals surface area contributed by atoms with Gasteiger partial charge in [0.1, 0.15) is 31.0 Å². The van der Waals surface area contributed by atoms with Gasteiger partial charge in [0, 0.05) is 39.5 Å². The average Bonchev–Trinajstić information content (AvgIpc) is 3.41. The lowest BCUT2D eigenvalue weighted by Crippen LogP contribution is -2.30. The van der Waals surface area contributed by atoms with E-state index in [9.17, 15) is 19.2 Å². The number of nitrogens with zero attached hydrogens (tertiary/aromatic N) is 2. The number of carbonyl (C=O) groups excluding carboxylic acids is 4. The smallest absolute Gasteiger partial charge is 0.313 e. The van der Waals surface area contributed by atoms with Crippen molar-refractivity contribution in [1.29, 1.82) is 0 Å². The Labute approximate surface area is 306 Å². The normalized spacial score (nSPS) is 19.2. The third-order valence-electron chi connectivity index (χ3n) is 9.88. The number of hydrogen-bond acceptors (Lipinski definition) is 7. The summed E-state index contributed by atoms with van der Waals surface area (Å²) in [7, 11) is 0. The van der Waals surface area contributed by atoms with E-state index in [0.29, 0.717) is 13.1 Å². The Morgan fingerprint density at radius 3 is 2.12 bits per heavy atom. The third-order valence-corrected chi connectivity index (χ3v) is 10.4. The number of para-hydroxylation sites is 2. The number of anilines is 1. The van der Waals surface area contributed by atoms with Gasteiger partial charge in [-0.3, -0.25) is 19.2 Å². The van der Waals surface area contributed by atoms with Gasteiger partial charge in [-0.2, -0.15) is 4.58 Å². The van der Waals surface area contributed by atoms with Crippen LogP contribution in [0, 0.1) is 0 Å². The fourth-order valence-electron chi connectivity index (χ4n) is 7.34. The number of hydrogen-bond donors (Lipinski definition) is 0. The van der Waals surface area contributed by atoms with Crippen LogP contribution in [0.2, 0.25) is 0 Å². The predicted octanol–water partition coefficient (Wildman–Crippen LogP) is 7.95. The van der Waals surface area contributed by atoms with Crippen LogP contribution in [-0.4, -0.2) is 60.1 Å². The molecular weight excluding hydrogens is 664 g/mol. The molecule has 51 heavy (non-hydrogen) atoms. The first-order valence-corrected chi connectivity index (χ1v) is 18.0. The van der Waals surface area contributed by atoms with Crippen molar-refractivity contribution in [2.75, 3.05) is 31.2 Å². The minimum Gasteiger partial charge on any atom is -0.463 e. The van der Waals surface area contributed by atoms with Crippen molar-refractivity contribution < 1.29 is 33.2 Å². The van der Waals surface area contributed by atoms with Crippen molar-refractivity contribution in [3.05, 3.63) is 106 Å².